The van der Waals surface area contributed by atoms with Crippen LogP contribution in [-0.4, -0.2) is 22.1 Å². The summed E-state index contributed by atoms with van der Waals surface area (Å²) in [7, 11) is 1.67. The zero-order chi connectivity index (χ0) is 22.6. The molecule has 2 atom stereocenters. The first-order valence-electron chi connectivity index (χ1n) is 10.6. The standard InChI is InChI=1S/C26H23N3O2S2/c1-30-19-12-10-18(11-13-19)17-29-25(24(28-26(29)32)21-9-5-6-16-27-21)22-14-15-23(31-22)33-20-7-3-2-4-8-20/h2-16,24-25H,17H2,1H3,(H,28,32). The largest absolute Gasteiger partial charge is 0.497 e. The van der Waals surface area contributed by atoms with Crippen molar-refractivity contribution in [3.8, 4) is 5.75 Å². The molecule has 166 valence electrons. The molecule has 1 aliphatic heterocycles. The van der Waals surface area contributed by atoms with E-state index >= 15 is 0 Å². The van der Waals surface area contributed by atoms with E-state index in [0.29, 0.717) is 11.7 Å². The number of methoxy groups -OCH3 is 1. The summed E-state index contributed by atoms with van der Waals surface area (Å²) in [6, 6.07) is 28.0. The van der Waals surface area contributed by atoms with Crippen LogP contribution in [0.25, 0.3) is 0 Å². The van der Waals surface area contributed by atoms with Gasteiger partial charge in [0.1, 0.15) is 17.6 Å². The fourth-order valence-electron chi connectivity index (χ4n) is 3.97. The molecule has 0 bridgehead atoms. The minimum Gasteiger partial charge on any atom is -0.497 e. The van der Waals surface area contributed by atoms with Crippen molar-refractivity contribution < 1.29 is 9.15 Å². The van der Waals surface area contributed by atoms with Crippen LogP contribution in [-0.2, 0) is 6.54 Å². The van der Waals surface area contributed by atoms with Crippen LogP contribution in [0.5, 0.6) is 5.75 Å². The molecule has 4 aromatic rings. The number of hydrogen-bond donors (Lipinski definition) is 1. The quantitative estimate of drug-likeness (QED) is 0.330. The highest BCUT2D eigenvalue weighted by Gasteiger charge is 2.41. The predicted octanol–water partition coefficient (Wildman–Crippen LogP) is 6.01. The van der Waals surface area contributed by atoms with E-state index in [1.807, 2.05) is 66.9 Å². The van der Waals surface area contributed by atoms with Gasteiger partial charge in [0.15, 0.2) is 10.2 Å². The average molecular weight is 474 g/mol. The van der Waals surface area contributed by atoms with Crippen LogP contribution in [0.15, 0.2) is 106 Å². The van der Waals surface area contributed by atoms with Crippen molar-refractivity contribution in [3.05, 3.63) is 108 Å². The van der Waals surface area contributed by atoms with Gasteiger partial charge in [-0.2, -0.15) is 0 Å². The van der Waals surface area contributed by atoms with Crippen molar-refractivity contribution in [2.75, 3.05) is 7.11 Å². The zero-order valence-electron chi connectivity index (χ0n) is 18.0. The van der Waals surface area contributed by atoms with Crippen molar-refractivity contribution in [2.45, 2.75) is 28.6 Å². The third-order valence-corrected chi connectivity index (χ3v) is 6.85. The minimum atomic E-state index is -0.125. The Kier molecular flexibility index (Phi) is 6.32. The Morgan fingerprint density at radius 2 is 1.79 bits per heavy atom. The van der Waals surface area contributed by atoms with Crippen molar-refractivity contribution >= 4 is 29.1 Å². The second kappa shape index (κ2) is 9.68. The Morgan fingerprint density at radius 3 is 2.52 bits per heavy atom. The van der Waals surface area contributed by atoms with E-state index in [4.69, 9.17) is 21.4 Å². The average Bonchev–Trinajstić information content (AvgIpc) is 3.45. The topological polar surface area (TPSA) is 50.5 Å². The second-order valence-corrected chi connectivity index (χ2v) is 9.14. The molecule has 1 N–H and O–H groups in total. The highest BCUT2D eigenvalue weighted by Crippen LogP contribution is 2.41. The molecule has 1 fully saturated rings. The summed E-state index contributed by atoms with van der Waals surface area (Å²) >= 11 is 7.38. The highest BCUT2D eigenvalue weighted by atomic mass is 32.2. The van der Waals surface area contributed by atoms with Crippen molar-refractivity contribution in [3.63, 3.8) is 0 Å². The smallest absolute Gasteiger partial charge is 0.170 e. The Morgan fingerprint density at radius 1 is 1.00 bits per heavy atom. The summed E-state index contributed by atoms with van der Waals surface area (Å²) in [4.78, 5) is 7.90. The lowest BCUT2D eigenvalue weighted by molar-refractivity contribution is 0.254. The van der Waals surface area contributed by atoms with Crippen LogP contribution in [0.4, 0.5) is 0 Å². The van der Waals surface area contributed by atoms with Crippen molar-refractivity contribution in [1.82, 2.24) is 15.2 Å². The predicted molar refractivity (Wildman–Crippen MR) is 133 cm³/mol. The molecule has 33 heavy (non-hydrogen) atoms. The van der Waals surface area contributed by atoms with Gasteiger partial charge in [0.2, 0.25) is 0 Å². The summed E-state index contributed by atoms with van der Waals surface area (Å²) < 4.78 is 11.6. The van der Waals surface area contributed by atoms with Gasteiger partial charge in [-0.3, -0.25) is 4.98 Å². The Labute approximate surface area is 202 Å². The molecular weight excluding hydrogens is 450 g/mol. The molecule has 3 heterocycles. The Bertz CT molecular complexity index is 1210. The second-order valence-electron chi connectivity index (χ2n) is 7.67. The first kappa shape index (κ1) is 21.6. The van der Waals surface area contributed by atoms with Crippen molar-refractivity contribution in [1.29, 1.82) is 0 Å². The van der Waals surface area contributed by atoms with E-state index in [1.165, 1.54) is 0 Å². The molecule has 0 saturated carbocycles. The van der Waals surface area contributed by atoms with Gasteiger partial charge in [0, 0.05) is 17.6 Å². The molecule has 0 radical (unpaired) electrons. The molecule has 2 unspecified atom stereocenters. The van der Waals surface area contributed by atoms with Crippen LogP contribution >= 0.6 is 24.0 Å². The number of nitrogens with zero attached hydrogens (tertiary/aromatic N) is 2. The van der Waals surface area contributed by atoms with Gasteiger partial charge >= 0.3 is 0 Å². The summed E-state index contributed by atoms with van der Waals surface area (Å²) in [6.45, 7) is 0.645. The maximum absolute atomic E-state index is 6.35. The van der Waals surface area contributed by atoms with Gasteiger partial charge in [-0.05, 0) is 66.3 Å². The third-order valence-electron chi connectivity index (χ3n) is 5.57. The van der Waals surface area contributed by atoms with E-state index in [-0.39, 0.29) is 12.1 Å². The monoisotopic (exact) mass is 473 g/mol. The van der Waals surface area contributed by atoms with Gasteiger partial charge in [0.25, 0.3) is 0 Å². The lowest BCUT2D eigenvalue weighted by Crippen LogP contribution is -2.29. The SMILES string of the molecule is COc1ccc(CN2C(=S)NC(c3ccccn3)C2c2ccc(Sc3ccccc3)o2)cc1. The van der Waals surface area contributed by atoms with Crippen LogP contribution in [0.1, 0.15) is 29.1 Å². The van der Waals surface area contributed by atoms with Crippen molar-refractivity contribution in [2.24, 2.45) is 0 Å². The molecule has 2 aromatic carbocycles. The number of rotatable bonds is 7. The molecule has 1 saturated heterocycles. The van der Waals surface area contributed by atoms with Gasteiger partial charge in [-0.25, -0.2) is 0 Å². The van der Waals surface area contributed by atoms with E-state index < -0.39 is 0 Å². The number of ether oxygens (including phenoxy) is 1. The highest BCUT2D eigenvalue weighted by molar-refractivity contribution is 7.99. The summed E-state index contributed by atoms with van der Waals surface area (Å²) in [6.07, 6.45) is 1.81. The van der Waals surface area contributed by atoms with Crippen LogP contribution in [0, 0.1) is 0 Å². The maximum atomic E-state index is 6.35. The van der Waals surface area contributed by atoms with E-state index in [1.54, 1.807) is 18.9 Å². The first-order valence-corrected chi connectivity index (χ1v) is 11.9. The molecule has 5 nitrogen and oxygen atoms in total. The minimum absolute atomic E-state index is 0.113. The molecule has 5 rings (SSSR count). The fraction of sp³-hybridized carbons (Fsp3) is 0.154. The molecular formula is C26H23N3O2S2. The fourth-order valence-corrected chi connectivity index (χ4v) is 5.07. The number of thiocarbonyl (C=S) groups is 1. The van der Waals surface area contributed by atoms with Crippen LogP contribution in [0.2, 0.25) is 0 Å². The molecule has 2 aromatic heterocycles. The number of hydrogen-bond acceptors (Lipinski definition) is 5. The number of nitrogens with one attached hydrogen (secondary N) is 1. The summed E-state index contributed by atoms with van der Waals surface area (Å²) in [5.41, 5.74) is 2.06. The van der Waals surface area contributed by atoms with Crippen LogP contribution < -0.4 is 10.1 Å². The normalized spacial score (nSPS) is 17.7. The van der Waals surface area contributed by atoms with Gasteiger partial charge in [-0.1, -0.05) is 48.2 Å². The van der Waals surface area contributed by atoms with E-state index in [0.717, 1.165) is 32.8 Å². The van der Waals surface area contributed by atoms with Crippen LogP contribution in [0.3, 0.4) is 0 Å². The number of pyridine rings is 1. The zero-order valence-corrected chi connectivity index (χ0v) is 19.7. The first-order chi connectivity index (χ1) is 16.2. The summed E-state index contributed by atoms with van der Waals surface area (Å²) in [5.74, 6) is 1.68. The molecule has 1 aliphatic rings. The Balaban J connectivity index is 1.46. The lowest BCUT2D eigenvalue weighted by Gasteiger charge is -2.26. The molecule has 0 spiro atoms. The summed E-state index contributed by atoms with van der Waals surface area (Å²) in [5, 5.41) is 5.00. The lowest BCUT2D eigenvalue weighted by atomic mass is 10.0. The maximum Gasteiger partial charge on any atom is 0.170 e. The number of benzene rings is 2. The number of aromatic nitrogens is 1. The van der Waals surface area contributed by atoms with E-state index in [9.17, 15) is 0 Å². The number of furan rings is 1. The third kappa shape index (κ3) is 4.74. The van der Waals surface area contributed by atoms with Gasteiger partial charge in [0.05, 0.1) is 18.8 Å². The van der Waals surface area contributed by atoms with E-state index in [2.05, 4.69) is 39.5 Å². The molecule has 0 amide bonds. The van der Waals surface area contributed by atoms with Gasteiger partial charge in [-0.15, -0.1) is 0 Å². The Hall–Kier alpha value is -3.29. The molecule has 7 heteroatoms. The molecule has 0 aliphatic carbocycles. The van der Waals surface area contributed by atoms with Gasteiger partial charge < -0.3 is 19.4 Å².